The largest absolute Gasteiger partial charge is 0.507 e. The predicted octanol–water partition coefficient (Wildman–Crippen LogP) is 3.92. The van der Waals surface area contributed by atoms with Gasteiger partial charge in [0.25, 0.3) is 11.7 Å². The van der Waals surface area contributed by atoms with E-state index in [0.717, 1.165) is 32.0 Å². The number of hydrogen-bond acceptors (Lipinski definition) is 6. The van der Waals surface area contributed by atoms with Crippen molar-refractivity contribution in [1.29, 1.82) is 0 Å². The Labute approximate surface area is 204 Å². The second-order valence-corrected chi connectivity index (χ2v) is 8.56. The summed E-state index contributed by atoms with van der Waals surface area (Å²) in [5.41, 5.74) is 0.671. The minimum Gasteiger partial charge on any atom is -0.507 e. The molecule has 2 saturated heterocycles. The minimum absolute atomic E-state index is 0.0132. The van der Waals surface area contributed by atoms with Crippen LogP contribution in [0.1, 0.15) is 30.0 Å². The van der Waals surface area contributed by atoms with Crippen molar-refractivity contribution in [2.75, 3.05) is 39.9 Å². The summed E-state index contributed by atoms with van der Waals surface area (Å²) in [5.74, 6) is -1.96. The number of ether oxygens (including phenoxy) is 2. The lowest BCUT2D eigenvalue weighted by Crippen LogP contribution is -2.37. The predicted molar refractivity (Wildman–Crippen MR) is 130 cm³/mol. The van der Waals surface area contributed by atoms with Crippen LogP contribution < -0.4 is 9.47 Å². The maximum Gasteiger partial charge on any atom is 0.295 e. The van der Waals surface area contributed by atoms with Gasteiger partial charge in [0.15, 0.2) is 11.6 Å². The Morgan fingerprint density at radius 1 is 1.14 bits per heavy atom. The highest BCUT2D eigenvalue weighted by molar-refractivity contribution is 6.46. The van der Waals surface area contributed by atoms with Crippen LogP contribution in [0.15, 0.2) is 60.7 Å². The zero-order chi connectivity index (χ0) is 24.9. The first-order valence-corrected chi connectivity index (χ1v) is 11.6. The fourth-order valence-electron chi connectivity index (χ4n) is 4.58. The van der Waals surface area contributed by atoms with E-state index in [1.807, 2.05) is 0 Å². The van der Waals surface area contributed by atoms with Crippen LogP contribution in [0.3, 0.4) is 0 Å². The molecular weight excluding hydrogens is 451 g/mol. The highest BCUT2D eigenvalue weighted by atomic mass is 19.1. The van der Waals surface area contributed by atoms with Gasteiger partial charge in [0.05, 0.1) is 18.7 Å². The molecule has 8 heteroatoms. The average molecular weight is 481 g/mol. The van der Waals surface area contributed by atoms with E-state index in [2.05, 4.69) is 11.5 Å². The van der Waals surface area contributed by atoms with Crippen molar-refractivity contribution in [2.24, 2.45) is 0 Å². The van der Waals surface area contributed by atoms with Crippen LogP contribution in [0, 0.1) is 5.82 Å². The zero-order valence-corrected chi connectivity index (χ0v) is 19.7. The molecule has 0 spiro atoms. The van der Waals surface area contributed by atoms with Crippen LogP contribution in [0.25, 0.3) is 5.76 Å². The summed E-state index contributed by atoms with van der Waals surface area (Å²) in [6.45, 7) is 6.84. The van der Waals surface area contributed by atoms with Crippen LogP contribution >= 0.6 is 0 Å². The van der Waals surface area contributed by atoms with Crippen molar-refractivity contribution in [3.63, 3.8) is 0 Å². The summed E-state index contributed by atoms with van der Waals surface area (Å²) in [6, 6.07) is 10.1. The molecule has 0 radical (unpaired) electrons. The van der Waals surface area contributed by atoms with Crippen molar-refractivity contribution in [3.05, 3.63) is 77.6 Å². The molecule has 2 fully saturated rings. The van der Waals surface area contributed by atoms with Gasteiger partial charge in [-0.05, 0) is 61.8 Å². The van der Waals surface area contributed by atoms with E-state index in [-0.39, 0.29) is 16.9 Å². The van der Waals surface area contributed by atoms with Crippen LogP contribution in [0.2, 0.25) is 0 Å². The molecule has 1 N–H and O–H groups in total. The Bertz CT molecular complexity index is 1140. The molecule has 1 unspecified atom stereocenters. The second-order valence-electron chi connectivity index (χ2n) is 8.56. The average Bonchev–Trinajstić information content (AvgIpc) is 3.48. The van der Waals surface area contributed by atoms with Gasteiger partial charge in [-0.3, -0.25) is 9.59 Å². The summed E-state index contributed by atoms with van der Waals surface area (Å²) < 4.78 is 24.9. The van der Waals surface area contributed by atoms with Crippen LogP contribution in [-0.4, -0.2) is 66.5 Å². The number of Topliss-reactive ketones (excluding diaryl/α,β-unsaturated/α-hetero) is 1. The molecule has 0 aliphatic carbocycles. The summed E-state index contributed by atoms with van der Waals surface area (Å²) in [6.07, 6.45) is 3.85. The Balaban J connectivity index is 1.74. The first kappa shape index (κ1) is 24.5. The van der Waals surface area contributed by atoms with Gasteiger partial charge in [-0.25, -0.2) is 4.39 Å². The highest BCUT2D eigenvalue weighted by Gasteiger charge is 2.46. The third-order valence-electron chi connectivity index (χ3n) is 6.38. The number of aliphatic hydroxyl groups excluding tert-OH is 1. The van der Waals surface area contributed by atoms with Gasteiger partial charge in [-0.1, -0.05) is 24.8 Å². The van der Waals surface area contributed by atoms with E-state index >= 15 is 0 Å². The molecule has 2 aromatic rings. The van der Waals surface area contributed by atoms with Gasteiger partial charge < -0.3 is 24.4 Å². The van der Waals surface area contributed by atoms with Gasteiger partial charge in [-0.2, -0.15) is 0 Å². The normalized spacial score (nSPS) is 19.8. The fraction of sp³-hybridized carbons (Fsp3) is 0.333. The maximum absolute atomic E-state index is 14.4. The number of ketones is 1. The lowest BCUT2D eigenvalue weighted by atomic mass is 9.95. The lowest BCUT2D eigenvalue weighted by molar-refractivity contribution is -0.140. The van der Waals surface area contributed by atoms with Gasteiger partial charge in [0.2, 0.25) is 0 Å². The number of carbonyl (C=O) groups excluding carboxylic acids is 2. The SMILES string of the molecule is C=CCOc1ccc(C2/C(=C(\O)c3ccc(OC)c(F)c3)C(=O)C(=O)N2CCN2CCCC2)cc1. The summed E-state index contributed by atoms with van der Waals surface area (Å²) in [7, 11) is 1.34. The van der Waals surface area contributed by atoms with Crippen molar-refractivity contribution >= 4 is 17.4 Å². The van der Waals surface area contributed by atoms with Crippen molar-refractivity contribution < 1.29 is 28.6 Å². The topological polar surface area (TPSA) is 79.3 Å². The zero-order valence-electron chi connectivity index (χ0n) is 19.7. The summed E-state index contributed by atoms with van der Waals surface area (Å²) >= 11 is 0. The van der Waals surface area contributed by atoms with Gasteiger partial charge in [0.1, 0.15) is 18.1 Å². The standard InChI is InChI=1S/C27H29FN2O5/c1-3-16-35-20-9-6-18(7-10-20)24-23(25(31)19-8-11-22(34-2)21(28)17-19)26(32)27(33)30(24)15-14-29-12-4-5-13-29/h3,6-11,17,24,31H,1,4-5,12-16H2,2H3/b25-23+. The molecule has 0 aromatic heterocycles. The molecular formula is C27H29FN2O5. The number of benzene rings is 2. The first-order chi connectivity index (χ1) is 16.9. The first-order valence-electron chi connectivity index (χ1n) is 11.6. The molecule has 2 aliphatic rings. The Morgan fingerprint density at radius 2 is 1.86 bits per heavy atom. The van der Waals surface area contributed by atoms with E-state index in [1.165, 1.54) is 24.1 Å². The number of amides is 1. The molecule has 0 saturated carbocycles. The summed E-state index contributed by atoms with van der Waals surface area (Å²) in [4.78, 5) is 30.0. The molecule has 2 heterocycles. The van der Waals surface area contributed by atoms with Gasteiger partial charge in [-0.15, -0.1) is 0 Å². The molecule has 35 heavy (non-hydrogen) atoms. The van der Waals surface area contributed by atoms with Gasteiger partial charge >= 0.3 is 0 Å². The van der Waals surface area contributed by atoms with E-state index in [0.29, 0.717) is 31.0 Å². The lowest BCUT2D eigenvalue weighted by Gasteiger charge is -2.27. The van der Waals surface area contributed by atoms with E-state index in [9.17, 15) is 19.1 Å². The quantitative estimate of drug-likeness (QED) is 0.254. The smallest absolute Gasteiger partial charge is 0.295 e. The molecule has 184 valence electrons. The molecule has 1 atom stereocenters. The molecule has 4 rings (SSSR count). The number of likely N-dealkylation sites (tertiary alicyclic amines) is 2. The van der Waals surface area contributed by atoms with Gasteiger partial charge in [0, 0.05) is 18.7 Å². The van der Waals surface area contributed by atoms with E-state index in [4.69, 9.17) is 9.47 Å². The van der Waals surface area contributed by atoms with Crippen molar-refractivity contribution in [3.8, 4) is 11.5 Å². The molecule has 2 aromatic carbocycles. The maximum atomic E-state index is 14.4. The molecule has 7 nitrogen and oxygen atoms in total. The number of hydrogen-bond donors (Lipinski definition) is 1. The van der Waals surface area contributed by atoms with Crippen molar-refractivity contribution in [1.82, 2.24) is 9.80 Å². The number of methoxy groups -OCH3 is 1. The fourth-order valence-corrected chi connectivity index (χ4v) is 4.58. The molecule has 2 aliphatic heterocycles. The molecule has 0 bridgehead atoms. The van der Waals surface area contributed by atoms with Crippen molar-refractivity contribution in [2.45, 2.75) is 18.9 Å². The third kappa shape index (κ3) is 5.07. The number of rotatable bonds is 9. The van der Waals surface area contributed by atoms with E-state index in [1.54, 1.807) is 30.3 Å². The summed E-state index contributed by atoms with van der Waals surface area (Å²) in [5, 5.41) is 11.1. The Morgan fingerprint density at radius 3 is 2.49 bits per heavy atom. The second kappa shape index (κ2) is 10.7. The van der Waals surface area contributed by atoms with Crippen LogP contribution in [0.5, 0.6) is 11.5 Å². The monoisotopic (exact) mass is 480 g/mol. The Kier molecular flexibility index (Phi) is 7.51. The number of aliphatic hydroxyl groups is 1. The van der Waals surface area contributed by atoms with Crippen LogP contribution in [-0.2, 0) is 9.59 Å². The van der Waals surface area contributed by atoms with E-state index < -0.39 is 29.3 Å². The Hall–Kier alpha value is -3.65. The minimum atomic E-state index is -0.809. The third-order valence-corrected chi connectivity index (χ3v) is 6.38. The highest BCUT2D eigenvalue weighted by Crippen LogP contribution is 2.40. The molecule has 1 amide bonds. The number of carbonyl (C=O) groups is 2. The number of nitrogens with zero attached hydrogens (tertiary/aromatic N) is 2. The number of halogens is 1. The van der Waals surface area contributed by atoms with Crippen LogP contribution in [0.4, 0.5) is 4.39 Å².